The fourth-order valence-electron chi connectivity index (χ4n) is 1.37. The lowest BCUT2D eigenvalue weighted by atomic mass is 10.4. The fourth-order valence-corrected chi connectivity index (χ4v) is 1.75. The van der Waals surface area contributed by atoms with Crippen LogP contribution < -0.4 is 5.56 Å². The van der Waals surface area contributed by atoms with Crippen LogP contribution in [0.3, 0.4) is 0 Å². The van der Waals surface area contributed by atoms with Gasteiger partial charge in [0.05, 0.1) is 6.61 Å². The van der Waals surface area contributed by atoms with E-state index in [1.165, 1.54) is 10.6 Å². The molecular weight excluding hydrogens is 314 g/mol. The van der Waals surface area contributed by atoms with E-state index in [2.05, 4.69) is 22.9 Å². The summed E-state index contributed by atoms with van der Waals surface area (Å²) in [6, 6.07) is 3.02. The van der Waals surface area contributed by atoms with Crippen molar-refractivity contribution in [2.45, 2.75) is 26.3 Å². The van der Waals surface area contributed by atoms with Crippen LogP contribution in [-0.2, 0) is 20.8 Å². The zero-order valence-electron chi connectivity index (χ0n) is 10.9. The summed E-state index contributed by atoms with van der Waals surface area (Å²) in [5.74, 6) is -0.445. The van der Waals surface area contributed by atoms with Crippen LogP contribution in [0.1, 0.15) is 19.8 Å². The molecule has 0 saturated carbocycles. The molecule has 19 heavy (non-hydrogen) atoms. The minimum Gasteiger partial charge on any atom is -0.462 e. The van der Waals surface area contributed by atoms with Crippen LogP contribution in [0.5, 0.6) is 0 Å². The number of carbonyl (C=O) groups is 1. The molecule has 0 bridgehead atoms. The van der Waals surface area contributed by atoms with Gasteiger partial charge in [0.1, 0.15) is 13.2 Å². The molecule has 1 aromatic heterocycles. The second kappa shape index (κ2) is 8.87. The fraction of sp³-hybridized carbons (Fsp3) is 0.538. The predicted octanol–water partition coefficient (Wildman–Crippen LogP) is 1.97. The number of halogens is 1. The van der Waals surface area contributed by atoms with Gasteiger partial charge >= 0.3 is 5.97 Å². The van der Waals surface area contributed by atoms with E-state index in [0.29, 0.717) is 13.2 Å². The summed E-state index contributed by atoms with van der Waals surface area (Å²) in [5.41, 5.74) is -0.237. The Morgan fingerprint density at radius 1 is 1.32 bits per heavy atom. The molecule has 1 aromatic rings. The maximum atomic E-state index is 11.5. The summed E-state index contributed by atoms with van der Waals surface area (Å²) in [4.78, 5) is 23.0. The smallest absolute Gasteiger partial charge is 0.326 e. The van der Waals surface area contributed by atoms with Gasteiger partial charge in [-0.1, -0.05) is 13.3 Å². The van der Waals surface area contributed by atoms with Crippen molar-refractivity contribution in [3.8, 4) is 0 Å². The van der Waals surface area contributed by atoms with Gasteiger partial charge in [-0.15, -0.1) is 0 Å². The van der Waals surface area contributed by atoms with Crippen molar-refractivity contribution in [3.05, 3.63) is 33.2 Å². The molecule has 0 spiro atoms. The van der Waals surface area contributed by atoms with E-state index < -0.39 is 5.97 Å². The zero-order valence-corrected chi connectivity index (χ0v) is 12.5. The number of hydrogen-bond donors (Lipinski definition) is 0. The van der Waals surface area contributed by atoms with Crippen LogP contribution in [-0.4, -0.2) is 30.4 Å². The standard InChI is InChI=1S/C13H18BrNO4/c1-2-3-6-18-7-8-19-13(17)10-15-9-11(14)4-5-12(15)16/h4-5,9H,2-3,6-8,10H2,1H3. The van der Waals surface area contributed by atoms with Crippen molar-refractivity contribution in [1.82, 2.24) is 4.57 Å². The number of hydrogen-bond acceptors (Lipinski definition) is 4. The third kappa shape index (κ3) is 6.54. The molecule has 0 radical (unpaired) electrons. The van der Waals surface area contributed by atoms with Crippen LogP contribution in [0.25, 0.3) is 0 Å². The molecule has 5 nitrogen and oxygen atoms in total. The molecule has 1 heterocycles. The minimum atomic E-state index is -0.445. The molecule has 0 aliphatic carbocycles. The molecule has 0 aliphatic rings. The molecule has 6 heteroatoms. The third-order valence-corrected chi connectivity index (χ3v) is 2.85. The Morgan fingerprint density at radius 2 is 2.11 bits per heavy atom. The Bertz CT molecular complexity index is 458. The average Bonchev–Trinajstić information content (AvgIpc) is 2.38. The molecule has 1 rings (SSSR count). The number of carbonyl (C=O) groups excluding carboxylic acids is 1. The van der Waals surface area contributed by atoms with Gasteiger partial charge in [-0.05, 0) is 28.4 Å². The van der Waals surface area contributed by atoms with Crippen molar-refractivity contribution in [2.24, 2.45) is 0 Å². The number of ether oxygens (including phenoxy) is 2. The maximum Gasteiger partial charge on any atom is 0.326 e. The van der Waals surface area contributed by atoms with Crippen LogP contribution in [0.15, 0.2) is 27.6 Å². The minimum absolute atomic E-state index is 0.0900. The van der Waals surface area contributed by atoms with Crippen molar-refractivity contribution >= 4 is 21.9 Å². The largest absolute Gasteiger partial charge is 0.462 e. The maximum absolute atomic E-state index is 11.5. The van der Waals surface area contributed by atoms with Crippen LogP contribution in [0, 0.1) is 0 Å². The Balaban J connectivity index is 2.27. The second-order valence-electron chi connectivity index (χ2n) is 4.00. The summed E-state index contributed by atoms with van der Waals surface area (Å²) >= 11 is 3.24. The second-order valence-corrected chi connectivity index (χ2v) is 4.92. The summed E-state index contributed by atoms with van der Waals surface area (Å²) < 4.78 is 12.3. The summed E-state index contributed by atoms with van der Waals surface area (Å²) in [7, 11) is 0. The summed E-state index contributed by atoms with van der Waals surface area (Å²) in [6.07, 6.45) is 3.63. The van der Waals surface area contributed by atoms with Gasteiger partial charge in [0.15, 0.2) is 0 Å². The van der Waals surface area contributed by atoms with Crippen LogP contribution >= 0.6 is 15.9 Å². The highest BCUT2D eigenvalue weighted by Crippen LogP contribution is 2.04. The van der Waals surface area contributed by atoms with Gasteiger partial charge in [0, 0.05) is 23.3 Å². The molecule has 0 aromatic carbocycles. The molecule has 0 fully saturated rings. The van der Waals surface area contributed by atoms with Gasteiger partial charge < -0.3 is 14.0 Å². The number of aromatic nitrogens is 1. The monoisotopic (exact) mass is 331 g/mol. The quantitative estimate of drug-likeness (QED) is 0.539. The van der Waals surface area contributed by atoms with Gasteiger partial charge in [0.25, 0.3) is 5.56 Å². The number of rotatable bonds is 8. The Morgan fingerprint density at radius 3 is 2.84 bits per heavy atom. The molecule has 106 valence electrons. The van der Waals surface area contributed by atoms with Crippen LogP contribution in [0.2, 0.25) is 0 Å². The van der Waals surface area contributed by atoms with Crippen molar-refractivity contribution in [2.75, 3.05) is 19.8 Å². The predicted molar refractivity (Wildman–Crippen MR) is 75.1 cm³/mol. The molecule has 0 atom stereocenters. The van der Waals surface area contributed by atoms with E-state index in [1.807, 2.05) is 0 Å². The van der Waals surface area contributed by atoms with E-state index in [0.717, 1.165) is 17.3 Å². The zero-order chi connectivity index (χ0) is 14.1. The first-order chi connectivity index (χ1) is 9.13. The first kappa shape index (κ1) is 15.9. The topological polar surface area (TPSA) is 57.5 Å². The lowest BCUT2D eigenvalue weighted by Crippen LogP contribution is -2.25. The highest BCUT2D eigenvalue weighted by molar-refractivity contribution is 9.10. The lowest BCUT2D eigenvalue weighted by Gasteiger charge is -2.07. The van der Waals surface area contributed by atoms with Crippen molar-refractivity contribution in [3.63, 3.8) is 0 Å². The molecule has 0 unspecified atom stereocenters. The Kier molecular flexibility index (Phi) is 7.43. The molecule has 0 N–H and O–H groups in total. The summed E-state index contributed by atoms with van der Waals surface area (Å²) in [6.45, 7) is 3.27. The Hall–Kier alpha value is -1.14. The first-order valence-electron chi connectivity index (χ1n) is 6.23. The highest BCUT2D eigenvalue weighted by Gasteiger charge is 2.06. The molecule has 0 amide bonds. The average molecular weight is 332 g/mol. The van der Waals surface area contributed by atoms with Crippen LogP contribution in [0.4, 0.5) is 0 Å². The van der Waals surface area contributed by atoms with E-state index in [1.54, 1.807) is 12.3 Å². The lowest BCUT2D eigenvalue weighted by molar-refractivity contribution is -0.146. The van der Waals surface area contributed by atoms with E-state index in [4.69, 9.17) is 9.47 Å². The van der Waals surface area contributed by atoms with E-state index >= 15 is 0 Å². The molecule has 0 aliphatic heterocycles. The van der Waals surface area contributed by atoms with Crippen molar-refractivity contribution in [1.29, 1.82) is 0 Å². The van der Waals surface area contributed by atoms with Gasteiger partial charge in [0.2, 0.25) is 0 Å². The van der Waals surface area contributed by atoms with E-state index in [-0.39, 0.29) is 18.7 Å². The number of unbranched alkanes of at least 4 members (excludes halogenated alkanes) is 1. The summed E-state index contributed by atoms with van der Waals surface area (Å²) in [5, 5.41) is 0. The first-order valence-corrected chi connectivity index (χ1v) is 7.02. The number of esters is 1. The SMILES string of the molecule is CCCCOCCOC(=O)Cn1cc(Br)ccc1=O. The number of nitrogens with zero attached hydrogens (tertiary/aromatic N) is 1. The van der Waals surface area contributed by atoms with Gasteiger partial charge in [-0.25, -0.2) is 0 Å². The number of pyridine rings is 1. The normalized spacial score (nSPS) is 10.4. The van der Waals surface area contributed by atoms with Gasteiger partial charge in [-0.3, -0.25) is 9.59 Å². The Labute approximate surface area is 120 Å². The van der Waals surface area contributed by atoms with Gasteiger partial charge in [-0.2, -0.15) is 0 Å². The van der Waals surface area contributed by atoms with Crippen molar-refractivity contribution < 1.29 is 14.3 Å². The highest BCUT2D eigenvalue weighted by atomic mass is 79.9. The molecule has 0 saturated heterocycles. The third-order valence-electron chi connectivity index (χ3n) is 2.38. The molecular formula is C13H18BrNO4. The van der Waals surface area contributed by atoms with E-state index in [9.17, 15) is 9.59 Å².